The number of furan rings is 1. The molecule has 0 bridgehead atoms. The quantitative estimate of drug-likeness (QED) is 0.598. The number of nitrogens with one attached hydrogen (secondary N) is 1. The van der Waals surface area contributed by atoms with E-state index in [-0.39, 0.29) is 17.2 Å². The molecule has 8 heteroatoms. The van der Waals surface area contributed by atoms with Crippen LogP contribution in [0.15, 0.2) is 56.0 Å². The van der Waals surface area contributed by atoms with Gasteiger partial charge < -0.3 is 9.40 Å². The second kappa shape index (κ2) is 7.28. The maximum Gasteiger partial charge on any atom is 0.293 e. The molecule has 2 amide bonds. The van der Waals surface area contributed by atoms with Crippen molar-refractivity contribution in [2.45, 2.75) is 36.6 Å². The summed E-state index contributed by atoms with van der Waals surface area (Å²) in [5, 5.41) is 1.15. The molecule has 0 aliphatic carbocycles. The molecule has 1 saturated heterocycles. The predicted molar refractivity (Wildman–Crippen MR) is 106 cm³/mol. The molecule has 0 unspecified atom stereocenters. The number of fused-ring (bicyclic) bond motifs is 1. The molecule has 1 fully saturated rings. The maximum absolute atomic E-state index is 12.5. The highest BCUT2D eigenvalue weighted by atomic mass is 32.2. The Balaban J connectivity index is 1.52. The molecular formula is C19H17N3O3S2. The molecule has 1 aromatic carbocycles. The number of imidazole rings is 1. The zero-order valence-corrected chi connectivity index (χ0v) is 16.4. The van der Waals surface area contributed by atoms with Gasteiger partial charge in [0.05, 0.1) is 15.9 Å². The van der Waals surface area contributed by atoms with Crippen LogP contribution in [0, 0.1) is 0 Å². The van der Waals surface area contributed by atoms with Crippen LogP contribution in [0.3, 0.4) is 0 Å². The van der Waals surface area contributed by atoms with Crippen LogP contribution in [-0.4, -0.2) is 32.1 Å². The number of rotatable bonds is 5. The van der Waals surface area contributed by atoms with E-state index >= 15 is 0 Å². The number of carbonyl (C=O) groups is 2. The Labute approximate surface area is 164 Å². The number of hydrogen-bond acceptors (Lipinski definition) is 6. The topological polar surface area (TPSA) is 79.2 Å². The van der Waals surface area contributed by atoms with Crippen LogP contribution in [0.5, 0.6) is 0 Å². The molecule has 1 aliphatic rings. The minimum Gasteiger partial charge on any atom is -0.450 e. The summed E-state index contributed by atoms with van der Waals surface area (Å²) in [7, 11) is 0. The van der Waals surface area contributed by atoms with E-state index in [1.165, 1.54) is 16.7 Å². The molecule has 6 nitrogen and oxygen atoms in total. The van der Waals surface area contributed by atoms with Crippen molar-refractivity contribution in [3.05, 3.63) is 47.1 Å². The van der Waals surface area contributed by atoms with Crippen LogP contribution in [0.2, 0.25) is 0 Å². The molecule has 4 rings (SSSR count). The summed E-state index contributed by atoms with van der Waals surface area (Å²) in [4.78, 5) is 34.0. The Morgan fingerprint density at radius 1 is 1.30 bits per heavy atom. The van der Waals surface area contributed by atoms with E-state index in [2.05, 4.69) is 9.97 Å². The average Bonchev–Trinajstić information content (AvgIpc) is 3.33. The molecule has 0 spiro atoms. The summed E-state index contributed by atoms with van der Waals surface area (Å²) in [6.45, 7) is 3.82. The summed E-state index contributed by atoms with van der Waals surface area (Å²) in [5.74, 6) is 0.269. The maximum atomic E-state index is 12.5. The van der Waals surface area contributed by atoms with E-state index in [1.54, 1.807) is 12.1 Å². The fourth-order valence-electron chi connectivity index (χ4n) is 2.71. The highest BCUT2D eigenvalue weighted by Crippen LogP contribution is 2.35. The lowest BCUT2D eigenvalue weighted by atomic mass is 10.2. The average molecular weight is 399 g/mol. The van der Waals surface area contributed by atoms with E-state index in [9.17, 15) is 9.59 Å². The summed E-state index contributed by atoms with van der Waals surface area (Å²) >= 11 is 2.32. The second-order valence-electron chi connectivity index (χ2n) is 6.13. The third kappa shape index (κ3) is 3.54. The predicted octanol–water partition coefficient (Wildman–Crippen LogP) is 5.14. The summed E-state index contributed by atoms with van der Waals surface area (Å²) in [6.07, 6.45) is 2.35. The van der Waals surface area contributed by atoms with Gasteiger partial charge in [-0.3, -0.25) is 14.5 Å². The van der Waals surface area contributed by atoms with Gasteiger partial charge >= 0.3 is 0 Å². The van der Waals surface area contributed by atoms with Gasteiger partial charge in [-0.15, -0.1) is 0 Å². The standard InChI is InChI=1S/C19H17N3O3S2/c1-3-11(2)22-17(23)15(26-19(22)24)10-12-8-9-16(25-12)27-18-20-13-6-4-5-7-14(13)21-18/h4-11H,3H2,1-2H3,(H,20,21)/b15-10+/t11-/m1/s1. The number of thioether (sulfide) groups is 1. The van der Waals surface area contributed by atoms with Crippen molar-refractivity contribution in [3.63, 3.8) is 0 Å². The molecule has 3 heterocycles. The molecule has 3 aromatic rings. The van der Waals surface area contributed by atoms with Crippen molar-refractivity contribution in [2.75, 3.05) is 0 Å². The minimum atomic E-state index is -0.262. The molecule has 1 aliphatic heterocycles. The van der Waals surface area contributed by atoms with E-state index < -0.39 is 0 Å². The number of benzene rings is 1. The number of amides is 2. The van der Waals surface area contributed by atoms with Crippen LogP contribution >= 0.6 is 23.5 Å². The van der Waals surface area contributed by atoms with Crippen molar-refractivity contribution >= 4 is 51.8 Å². The normalized spacial score (nSPS) is 17.4. The largest absolute Gasteiger partial charge is 0.450 e. The first-order valence-electron chi connectivity index (χ1n) is 8.54. The van der Waals surface area contributed by atoms with Gasteiger partial charge in [0, 0.05) is 12.1 Å². The van der Waals surface area contributed by atoms with Crippen LogP contribution in [0.1, 0.15) is 26.0 Å². The lowest BCUT2D eigenvalue weighted by Gasteiger charge is -2.19. The zero-order chi connectivity index (χ0) is 19.0. The van der Waals surface area contributed by atoms with Crippen LogP contribution < -0.4 is 0 Å². The Kier molecular flexibility index (Phi) is 4.84. The number of aromatic amines is 1. The van der Waals surface area contributed by atoms with Gasteiger partial charge in [0.1, 0.15) is 5.76 Å². The number of aromatic nitrogens is 2. The lowest BCUT2D eigenvalue weighted by molar-refractivity contribution is -0.124. The SMILES string of the molecule is CC[C@@H](C)N1C(=O)S/C(=C/c2ccc(Sc3nc4ccccc4[nH]3)o2)C1=O. The fraction of sp³-hybridized carbons (Fsp3) is 0.211. The fourth-order valence-corrected chi connectivity index (χ4v) is 4.39. The Bertz CT molecular complexity index is 1020. The Hall–Kier alpha value is -2.45. The molecule has 0 radical (unpaired) electrons. The van der Waals surface area contributed by atoms with Crippen molar-refractivity contribution in [3.8, 4) is 0 Å². The third-order valence-electron chi connectivity index (χ3n) is 4.30. The van der Waals surface area contributed by atoms with Crippen LogP contribution in [-0.2, 0) is 4.79 Å². The molecule has 27 heavy (non-hydrogen) atoms. The van der Waals surface area contributed by atoms with Crippen LogP contribution in [0.4, 0.5) is 4.79 Å². The lowest BCUT2D eigenvalue weighted by Crippen LogP contribution is -2.36. The van der Waals surface area contributed by atoms with Crippen molar-refractivity contribution in [2.24, 2.45) is 0 Å². The minimum absolute atomic E-state index is 0.112. The summed E-state index contributed by atoms with van der Waals surface area (Å²) < 4.78 is 5.78. The first-order valence-corrected chi connectivity index (χ1v) is 10.2. The number of nitrogens with zero attached hydrogens (tertiary/aromatic N) is 2. The van der Waals surface area contributed by atoms with Crippen molar-refractivity contribution in [1.82, 2.24) is 14.9 Å². The first-order chi connectivity index (χ1) is 13.0. The highest BCUT2D eigenvalue weighted by molar-refractivity contribution is 8.18. The molecule has 0 saturated carbocycles. The zero-order valence-electron chi connectivity index (χ0n) is 14.8. The second-order valence-corrected chi connectivity index (χ2v) is 8.11. The van der Waals surface area contributed by atoms with Gasteiger partial charge in [0.25, 0.3) is 11.1 Å². The van der Waals surface area contributed by atoms with E-state index in [0.29, 0.717) is 15.8 Å². The number of H-pyrrole nitrogens is 1. The number of carbonyl (C=O) groups excluding carboxylic acids is 2. The van der Waals surface area contributed by atoms with Crippen molar-refractivity contribution < 1.29 is 14.0 Å². The summed E-state index contributed by atoms with van der Waals surface area (Å²) in [5.41, 5.74) is 1.86. The molecule has 1 N–H and O–H groups in total. The van der Waals surface area contributed by atoms with Gasteiger partial charge in [0.15, 0.2) is 10.2 Å². The Morgan fingerprint density at radius 2 is 2.11 bits per heavy atom. The van der Waals surface area contributed by atoms with Gasteiger partial charge in [0.2, 0.25) is 0 Å². The molecular weight excluding hydrogens is 382 g/mol. The van der Waals surface area contributed by atoms with Crippen LogP contribution in [0.25, 0.3) is 17.1 Å². The van der Waals surface area contributed by atoms with E-state index in [1.807, 2.05) is 44.2 Å². The number of imide groups is 1. The van der Waals surface area contributed by atoms with Gasteiger partial charge in [-0.25, -0.2) is 4.98 Å². The van der Waals surface area contributed by atoms with Gasteiger partial charge in [-0.1, -0.05) is 19.1 Å². The number of hydrogen-bond donors (Lipinski definition) is 1. The highest BCUT2D eigenvalue weighted by Gasteiger charge is 2.37. The monoisotopic (exact) mass is 399 g/mol. The molecule has 138 valence electrons. The molecule has 1 atom stereocenters. The van der Waals surface area contributed by atoms with Gasteiger partial charge in [-0.2, -0.15) is 0 Å². The molecule has 2 aromatic heterocycles. The van der Waals surface area contributed by atoms with E-state index in [4.69, 9.17) is 4.42 Å². The third-order valence-corrected chi connectivity index (χ3v) is 5.99. The first kappa shape index (κ1) is 17.9. The van der Waals surface area contributed by atoms with Gasteiger partial charge in [-0.05, 0) is 61.1 Å². The van der Waals surface area contributed by atoms with E-state index in [0.717, 1.165) is 34.4 Å². The van der Waals surface area contributed by atoms with Crippen molar-refractivity contribution in [1.29, 1.82) is 0 Å². The number of para-hydroxylation sites is 2. The Morgan fingerprint density at radius 3 is 2.89 bits per heavy atom. The smallest absolute Gasteiger partial charge is 0.293 e. The summed E-state index contributed by atoms with van der Waals surface area (Å²) in [6, 6.07) is 11.3.